The molecule has 0 aliphatic carbocycles. The van der Waals surface area contributed by atoms with Crippen molar-refractivity contribution < 1.29 is 9.13 Å². The number of benzene rings is 1. The first-order valence-electron chi connectivity index (χ1n) is 7.04. The van der Waals surface area contributed by atoms with Gasteiger partial charge in [-0.1, -0.05) is 13.0 Å². The summed E-state index contributed by atoms with van der Waals surface area (Å²) in [6, 6.07) is 4.76. The van der Waals surface area contributed by atoms with Gasteiger partial charge in [0.05, 0.1) is 5.56 Å². The molecular weight excluding hydrogens is 269 g/mol. The van der Waals surface area contributed by atoms with E-state index in [1.807, 2.05) is 13.8 Å². The lowest BCUT2D eigenvalue weighted by atomic mass is 10.2. The quantitative estimate of drug-likeness (QED) is 0.903. The molecule has 0 radical (unpaired) electrons. The highest BCUT2D eigenvalue weighted by atomic mass is 19.1. The van der Waals surface area contributed by atoms with Crippen molar-refractivity contribution in [2.75, 3.05) is 12.4 Å². The van der Waals surface area contributed by atoms with E-state index in [1.165, 1.54) is 6.07 Å². The van der Waals surface area contributed by atoms with Gasteiger partial charge in [-0.25, -0.2) is 9.37 Å². The summed E-state index contributed by atoms with van der Waals surface area (Å²) in [5.74, 6) is 1.57. The van der Waals surface area contributed by atoms with Crippen LogP contribution < -0.4 is 10.1 Å². The van der Waals surface area contributed by atoms with Gasteiger partial charge in [-0.15, -0.1) is 0 Å². The van der Waals surface area contributed by atoms with Gasteiger partial charge in [0.15, 0.2) is 11.6 Å². The Morgan fingerprint density at radius 1 is 1.24 bits per heavy atom. The molecule has 112 valence electrons. The topological polar surface area (TPSA) is 47.0 Å². The van der Waals surface area contributed by atoms with Crippen molar-refractivity contribution in [3.8, 4) is 11.6 Å². The van der Waals surface area contributed by atoms with Gasteiger partial charge in [0.2, 0.25) is 5.88 Å². The highest BCUT2D eigenvalue weighted by Crippen LogP contribution is 2.29. The maximum atomic E-state index is 13.8. The smallest absolute Gasteiger partial charge is 0.227 e. The van der Waals surface area contributed by atoms with Crippen LogP contribution in [0.4, 0.5) is 10.2 Å². The average molecular weight is 289 g/mol. The van der Waals surface area contributed by atoms with E-state index in [-0.39, 0.29) is 5.75 Å². The third-order valence-electron chi connectivity index (χ3n) is 3.15. The molecule has 1 aromatic heterocycles. The zero-order valence-electron chi connectivity index (χ0n) is 12.8. The zero-order valence-corrected chi connectivity index (χ0v) is 12.8. The molecule has 5 heteroatoms. The van der Waals surface area contributed by atoms with Crippen molar-refractivity contribution in [2.24, 2.45) is 0 Å². The van der Waals surface area contributed by atoms with Crippen molar-refractivity contribution in [2.45, 2.75) is 33.6 Å². The molecule has 4 nitrogen and oxygen atoms in total. The highest BCUT2D eigenvalue weighted by Gasteiger charge is 2.14. The maximum Gasteiger partial charge on any atom is 0.227 e. The van der Waals surface area contributed by atoms with Gasteiger partial charge in [0, 0.05) is 13.5 Å². The monoisotopic (exact) mass is 289 g/mol. The molecule has 21 heavy (non-hydrogen) atoms. The molecule has 1 aromatic carbocycles. The third-order valence-corrected chi connectivity index (χ3v) is 3.15. The fraction of sp³-hybridized carbons (Fsp3) is 0.375. The lowest BCUT2D eigenvalue weighted by molar-refractivity contribution is 0.421. The predicted octanol–water partition coefficient (Wildman–Crippen LogP) is 4.02. The van der Waals surface area contributed by atoms with E-state index in [0.29, 0.717) is 17.5 Å². The summed E-state index contributed by atoms with van der Waals surface area (Å²) in [4.78, 5) is 8.82. The molecule has 0 unspecified atom stereocenters. The Bertz CT molecular complexity index is 644. The first-order chi connectivity index (χ1) is 10.0. The summed E-state index contributed by atoms with van der Waals surface area (Å²) in [5.41, 5.74) is 1.69. The minimum atomic E-state index is -0.401. The van der Waals surface area contributed by atoms with Crippen LogP contribution in [0, 0.1) is 19.7 Å². The van der Waals surface area contributed by atoms with Crippen LogP contribution in [0.3, 0.4) is 0 Å². The number of nitrogens with zero attached hydrogens (tertiary/aromatic N) is 2. The fourth-order valence-electron chi connectivity index (χ4n) is 2.01. The van der Waals surface area contributed by atoms with Crippen LogP contribution in [0.1, 0.15) is 30.3 Å². The zero-order chi connectivity index (χ0) is 15.4. The van der Waals surface area contributed by atoms with Gasteiger partial charge in [-0.05, 0) is 38.0 Å². The number of halogens is 1. The van der Waals surface area contributed by atoms with Crippen molar-refractivity contribution in [3.63, 3.8) is 0 Å². The Labute approximate surface area is 124 Å². The summed E-state index contributed by atoms with van der Waals surface area (Å²) < 4.78 is 19.5. The fourth-order valence-corrected chi connectivity index (χ4v) is 2.01. The Morgan fingerprint density at radius 3 is 2.67 bits per heavy atom. The van der Waals surface area contributed by atoms with Crippen molar-refractivity contribution >= 4 is 5.82 Å². The number of rotatable bonds is 5. The van der Waals surface area contributed by atoms with E-state index in [1.54, 1.807) is 19.2 Å². The number of hydrogen-bond acceptors (Lipinski definition) is 4. The number of aryl methyl sites for hydroxylation is 2. The molecule has 0 saturated heterocycles. The maximum absolute atomic E-state index is 13.8. The number of hydrogen-bond donors (Lipinski definition) is 1. The molecule has 0 amide bonds. The van der Waals surface area contributed by atoms with Crippen LogP contribution in [-0.4, -0.2) is 17.0 Å². The largest absolute Gasteiger partial charge is 0.435 e. The van der Waals surface area contributed by atoms with Crippen LogP contribution in [0.2, 0.25) is 0 Å². The minimum absolute atomic E-state index is 0.182. The molecule has 0 saturated carbocycles. The lowest BCUT2D eigenvalue weighted by Crippen LogP contribution is -2.05. The molecule has 0 spiro atoms. The van der Waals surface area contributed by atoms with E-state index in [9.17, 15) is 4.39 Å². The van der Waals surface area contributed by atoms with Crippen LogP contribution in [0.25, 0.3) is 0 Å². The van der Waals surface area contributed by atoms with Gasteiger partial charge in [-0.3, -0.25) is 0 Å². The number of nitrogens with one attached hydrogen (secondary N) is 1. The van der Waals surface area contributed by atoms with Gasteiger partial charge in [0.25, 0.3) is 0 Å². The summed E-state index contributed by atoms with van der Waals surface area (Å²) >= 11 is 0. The molecule has 0 aliphatic rings. The lowest BCUT2D eigenvalue weighted by Gasteiger charge is -2.13. The second kappa shape index (κ2) is 6.52. The summed E-state index contributed by atoms with van der Waals surface area (Å²) in [5, 5.41) is 3.02. The van der Waals surface area contributed by atoms with Crippen LogP contribution in [0.15, 0.2) is 18.2 Å². The summed E-state index contributed by atoms with van der Waals surface area (Å²) in [6.07, 6.45) is 1.69. The Morgan fingerprint density at radius 2 is 2.00 bits per heavy atom. The molecule has 0 bridgehead atoms. The average Bonchev–Trinajstić information content (AvgIpc) is 2.46. The van der Waals surface area contributed by atoms with Gasteiger partial charge in [-0.2, -0.15) is 4.98 Å². The summed E-state index contributed by atoms with van der Waals surface area (Å²) in [7, 11) is 1.79. The second-order valence-electron chi connectivity index (χ2n) is 4.95. The van der Waals surface area contributed by atoms with E-state index in [4.69, 9.17) is 4.74 Å². The van der Waals surface area contributed by atoms with E-state index in [2.05, 4.69) is 22.2 Å². The van der Waals surface area contributed by atoms with Crippen molar-refractivity contribution in [1.82, 2.24) is 9.97 Å². The first kappa shape index (κ1) is 15.2. The number of aromatic nitrogens is 2. The first-order valence-corrected chi connectivity index (χ1v) is 7.04. The number of anilines is 1. The standard InChI is InChI=1S/C16H20FN3O/c1-5-6-14-19-15(18-4)11(3)16(20-14)21-13-9-10(2)7-8-12(13)17/h7-9H,5-6H2,1-4H3,(H,18,19,20). The molecule has 1 heterocycles. The molecule has 2 rings (SSSR count). The molecule has 2 aromatic rings. The van der Waals surface area contributed by atoms with Gasteiger partial charge >= 0.3 is 0 Å². The van der Waals surface area contributed by atoms with Crippen LogP contribution in [0.5, 0.6) is 11.6 Å². The SMILES string of the molecule is CCCc1nc(NC)c(C)c(Oc2cc(C)ccc2F)n1. The highest BCUT2D eigenvalue weighted by molar-refractivity contribution is 5.49. The van der Waals surface area contributed by atoms with Crippen LogP contribution in [-0.2, 0) is 6.42 Å². The Hall–Kier alpha value is -2.17. The molecular formula is C16H20FN3O. The number of ether oxygens (including phenoxy) is 1. The third kappa shape index (κ3) is 3.48. The molecule has 1 N–H and O–H groups in total. The van der Waals surface area contributed by atoms with E-state index >= 15 is 0 Å². The van der Waals surface area contributed by atoms with Gasteiger partial charge < -0.3 is 10.1 Å². The summed E-state index contributed by atoms with van der Waals surface area (Å²) in [6.45, 7) is 5.80. The van der Waals surface area contributed by atoms with Crippen molar-refractivity contribution in [3.05, 3.63) is 41.0 Å². The normalized spacial score (nSPS) is 10.5. The molecule has 0 aliphatic heterocycles. The second-order valence-corrected chi connectivity index (χ2v) is 4.95. The minimum Gasteiger partial charge on any atom is -0.435 e. The van der Waals surface area contributed by atoms with E-state index < -0.39 is 5.82 Å². The Kier molecular flexibility index (Phi) is 4.73. The van der Waals surface area contributed by atoms with E-state index in [0.717, 1.165) is 24.0 Å². The van der Waals surface area contributed by atoms with Crippen molar-refractivity contribution in [1.29, 1.82) is 0 Å². The molecule has 0 fully saturated rings. The molecule has 0 atom stereocenters. The van der Waals surface area contributed by atoms with Crippen LogP contribution >= 0.6 is 0 Å². The van der Waals surface area contributed by atoms with Gasteiger partial charge in [0.1, 0.15) is 11.6 Å². The Balaban J connectivity index is 2.42. The predicted molar refractivity (Wildman–Crippen MR) is 81.5 cm³/mol.